The largest absolute Gasteiger partial charge is 0.481 e. The summed E-state index contributed by atoms with van der Waals surface area (Å²) >= 11 is 0. The van der Waals surface area contributed by atoms with Crippen molar-refractivity contribution in [1.82, 2.24) is 19.6 Å². The molecule has 1 aliphatic heterocycles. The molecule has 0 radical (unpaired) electrons. The Balaban J connectivity index is 2.14. The van der Waals surface area contributed by atoms with Crippen molar-refractivity contribution in [3.63, 3.8) is 0 Å². The number of aryl methyl sites for hydroxylation is 2. The fraction of sp³-hybridized carbons (Fsp3) is 0.294. The molecule has 6 nitrogen and oxygen atoms in total. The lowest BCUT2D eigenvalue weighted by molar-refractivity contribution is 0.0983. The molecule has 6 heteroatoms. The molecule has 0 atom stereocenters. The van der Waals surface area contributed by atoms with Crippen LogP contribution < -0.4 is 10.3 Å². The molecule has 3 aromatic rings. The van der Waals surface area contributed by atoms with Crippen LogP contribution in [0, 0.1) is 13.8 Å². The van der Waals surface area contributed by atoms with E-state index in [9.17, 15) is 4.79 Å². The molecule has 116 valence electrons. The third-order valence-corrected chi connectivity index (χ3v) is 3.97. The van der Waals surface area contributed by atoms with Gasteiger partial charge >= 0.3 is 0 Å². The van der Waals surface area contributed by atoms with Gasteiger partial charge in [-0.1, -0.05) is 11.6 Å². The Morgan fingerprint density at radius 3 is 2.70 bits per heavy atom. The van der Waals surface area contributed by atoms with Gasteiger partial charge in [-0.05, 0) is 39.8 Å². The zero-order valence-electron chi connectivity index (χ0n) is 13.4. The van der Waals surface area contributed by atoms with Gasteiger partial charge in [-0.25, -0.2) is 9.97 Å². The summed E-state index contributed by atoms with van der Waals surface area (Å²) in [6.07, 6.45) is 0. The van der Waals surface area contributed by atoms with Gasteiger partial charge in [0.15, 0.2) is 0 Å². The fourth-order valence-corrected chi connectivity index (χ4v) is 2.88. The maximum absolute atomic E-state index is 12.2. The molecule has 2 aromatic heterocycles. The Kier molecular flexibility index (Phi) is 2.64. The molecular weight excluding hydrogens is 292 g/mol. The zero-order chi connectivity index (χ0) is 16.4. The first-order valence-electron chi connectivity index (χ1n) is 7.44. The van der Waals surface area contributed by atoms with E-state index in [0.717, 1.165) is 22.6 Å². The number of nitrogens with zero attached hydrogens (tertiary/aromatic N) is 4. The van der Waals surface area contributed by atoms with Crippen molar-refractivity contribution >= 4 is 5.78 Å². The highest BCUT2D eigenvalue weighted by molar-refractivity contribution is 5.73. The predicted molar refractivity (Wildman–Crippen MR) is 85.6 cm³/mol. The van der Waals surface area contributed by atoms with Crippen molar-refractivity contribution in [1.29, 1.82) is 0 Å². The highest BCUT2D eigenvalue weighted by Crippen LogP contribution is 2.43. The van der Waals surface area contributed by atoms with Gasteiger partial charge in [-0.15, -0.1) is 0 Å². The maximum Gasteiger partial charge on any atom is 0.275 e. The Bertz CT molecular complexity index is 1020. The third kappa shape index (κ3) is 2.02. The summed E-state index contributed by atoms with van der Waals surface area (Å²) in [5.74, 6) is 1.07. The second kappa shape index (κ2) is 4.38. The molecule has 0 amide bonds. The number of rotatable bonds is 0. The summed E-state index contributed by atoms with van der Waals surface area (Å²) in [4.78, 5) is 21.1. The van der Waals surface area contributed by atoms with E-state index >= 15 is 0 Å². The van der Waals surface area contributed by atoms with Crippen LogP contribution in [0.25, 0.3) is 17.0 Å². The topological polar surface area (TPSA) is 69.4 Å². The molecule has 0 saturated heterocycles. The Morgan fingerprint density at radius 2 is 1.91 bits per heavy atom. The quantitative estimate of drug-likeness (QED) is 0.638. The highest BCUT2D eigenvalue weighted by atomic mass is 16.5. The van der Waals surface area contributed by atoms with E-state index in [0.29, 0.717) is 17.2 Å². The van der Waals surface area contributed by atoms with Gasteiger partial charge in [0.2, 0.25) is 0 Å². The Labute approximate surface area is 132 Å². The van der Waals surface area contributed by atoms with Crippen molar-refractivity contribution in [2.24, 2.45) is 0 Å². The predicted octanol–water partition coefficient (Wildman–Crippen LogP) is 2.40. The molecule has 1 aromatic carbocycles. The minimum Gasteiger partial charge on any atom is -0.481 e. The molecule has 3 heterocycles. The molecule has 1 aliphatic rings. The van der Waals surface area contributed by atoms with Crippen LogP contribution in [0.15, 0.2) is 29.1 Å². The normalized spacial score (nSPS) is 15.0. The molecular formula is C17H16N4O2. The monoisotopic (exact) mass is 308 g/mol. The van der Waals surface area contributed by atoms with E-state index in [2.05, 4.69) is 15.1 Å². The van der Waals surface area contributed by atoms with Crippen LogP contribution in [0.2, 0.25) is 0 Å². The minimum atomic E-state index is -0.677. The Morgan fingerprint density at radius 1 is 1.13 bits per heavy atom. The SMILES string of the molecule is Cc1ccc2c(c1)-c1nc3nc(C)cc(=O)n3nc1C(C)(C)O2. The number of hydrogen-bond donors (Lipinski definition) is 0. The van der Waals surface area contributed by atoms with Crippen LogP contribution in [-0.2, 0) is 5.60 Å². The van der Waals surface area contributed by atoms with Crippen LogP contribution in [0.4, 0.5) is 0 Å². The molecule has 0 spiro atoms. The summed E-state index contributed by atoms with van der Waals surface area (Å²) in [5, 5.41) is 4.49. The van der Waals surface area contributed by atoms with E-state index in [1.165, 1.54) is 10.6 Å². The van der Waals surface area contributed by atoms with Crippen LogP contribution in [0.5, 0.6) is 5.75 Å². The number of fused-ring (bicyclic) bond motifs is 4. The second-order valence-electron chi connectivity index (χ2n) is 6.37. The summed E-state index contributed by atoms with van der Waals surface area (Å²) in [6.45, 7) is 7.62. The average molecular weight is 308 g/mol. The zero-order valence-corrected chi connectivity index (χ0v) is 13.4. The molecule has 0 saturated carbocycles. The number of ether oxygens (including phenoxy) is 1. The average Bonchev–Trinajstić information content (AvgIpc) is 2.46. The summed E-state index contributed by atoms with van der Waals surface area (Å²) in [6, 6.07) is 7.41. The van der Waals surface area contributed by atoms with Gasteiger partial charge in [-0.2, -0.15) is 9.61 Å². The lowest BCUT2D eigenvalue weighted by atomic mass is 9.94. The first-order chi connectivity index (χ1) is 10.8. The number of hydrogen-bond acceptors (Lipinski definition) is 5. The van der Waals surface area contributed by atoms with Gasteiger partial charge in [0, 0.05) is 17.3 Å². The van der Waals surface area contributed by atoms with Crippen molar-refractivity contribution in [2.75, 3.05) is 0 Å². The summed E-state index contributed by atoms with van der Waals surface area (Å²) in [7, 11) is 0. The van der Waals surface area contributed by atoms with Crippen molar-refractivity contribution in [3.8, 4) is 17.0 Å². The lowest BCUT2D eigenvalue weighted by Gasteiger charge is -2.33. The molecule has 4 rings (SSSR count). The van der Waals surface area contributed by atoms with Crippen LogP contribution >= 0.6 is 0 Å². The molecule has 0 N–H and O–H groups in total. The summed E-state index contributed by atoms with van der Waals surface area (Å²) in [5.41, 5.74) is 3.05. The van der Waals surface area contributed by atoms with Gasteiger partial charge < -0.3 is 4.74 Å². The smallest absolute Gasteiger partial charge is 0.275 e. The van der Waals surface area contributed by atoms with Crippen LogP contribution in [-0.4, -0.2) is 19.6 Å². The van der Waals surface area contributed by atoms with E-state index in [1.807, 2.05) is 39.0 Å². The number of benzene rings is 1. The first-order valence-corrected chi connectivity index (χ1v) is 7.44. The maximum atomic E-state index is 12.2. The molecule has 0 unspecified atom stereocenters. The van der Waals surface area contributed by atoms with E-state index in [1.54, 1.807) is 6.92 Å². The van der Waals surface area contributed by atoms with Crippen molar-refractivity contribution in [2.45, 2.75) is 33.3 Å². The van der Waals surface area contributed by atoms with Crippen molar-refractivity contribution in [3.05, 3.63) is 51.6 Å². The van der Waals surface area contributed by atoms with Gasteiger partial charge in [0.1, 0.15) is 22.7 Å². The molecule has 0 fully saturated rings. The van der Waals surface area contributed by atoms with Gasteiger partial charge in [0.25, 0.3) is 11.3 Å². The van der Waals surface area contributed by atoms with Crippen LogP contribution in [0.1, 0.15) is 30.8 Å². The standard InChI is InChI=1S/C17H16N4O2/c1-9-5-6-12-11(7-9)14-15(17(3,4)23-12)20-21-13(22)8-10(2)18-16(21)19-14/h5-8H,1-4H3. The Hall–Kier alpha value is -2.76. The molecule has 23 heavy (non-hydrogen) atoms. The summed E-state index contributed by atoms with van der Waals surface area (Å²) < 4.78 is 7.31. The second-order valence-corrected chi connectivity index (χ2v) is 6.37. The molecule has 0 aliphatic carbocycles. The molecule has 0 bridgehead atoms. The fourth-order valence-electron chi connectivity index (χ4n) is 2.88. The van der Waals surface area contributed by atoms with Gasteiger partial charge in [0.05, 0.1) is 0 Å². The minimum absolute atomic E-state index is 0.242. The third-order valence-electron chi connectivity index (χ3n) is 3.97. The van der Waals surface area contributed by atoms with Crippen molar-refractivity contribution < 1.29 is 4.74 Å². The van der Waals surface area contributed by atoms with Gasteiger partial charge in [-0.3, -0.25) is 4.79 Å². The lowest BCUT2D eigenvalue weighted by Crippen LogP contribution is -2.34. The first kappa shape index (κ1) is 13.9. The van der Waals surface area contributed by atoms with E-state index < -0.39 is 5.60 Å². The van der Waals surface area contributed by atoms with E-state index in [-0.39, 0.29) is 5.56 Å². The van der Waals surface area contributed by atoms with E-state index in [4.69, 9.17) is 4.74 Å². The highest BCUT2D eigenvalue weighted by Gasteiger charge is 2.36. The number of aromatic nitrogens is 4. The van der Waals surface area contributed by atoms with Crippen LogP contribution in [0.3, 0.4) is 0 Å².